The zero-order valence-corrected chi connectivity index (χ0v) is 14.1. The van der Waals surface area contributed by atoms with Crippen LogP contribution in [-0.2, 0) is 11.3 Å². The van der Waals surface area contributed by atoms with Crippen LogP contribution in [0.4, 0.5) is 0 Å². The first kappa shape index (κ1) is 16.2. The van der Waals surface area contributed by atoms with Crippen molar-refractivity contribution in [2.75, 3.05) is 27.2 Å². The third-order valence-corrected chi connectivity index (χ3v) is 3.72. The maximum Gasteiger partial charge on any atom is 0.341 e. The van der Waals surface area contributed by atoms with E-state index in [0.717, 1.165) is 29.9 Å². The number of rotatable bonds is 6. The largest absolute Gasteiger partial charge is 0.462 e. The van der Waals surface area contributed by atoms with Gasteiger partial charge in [0.25, 0.3) is 0 Å². The van der Waals surface area contributed by atoms with Crippen molar-refractivity contribution in [3.63, 3.8) is 0 Å². The van der Waals surface area contributed by atoms with E-state index in [-0.39, 0.29) is 5.97 Å². The van der Waals surface area contributed by atoms with E-state index in [2.05, 4.69) is 15.1 Å². The quantitative estimate of drug-likeness (QED) is 0.647. The molecule has 0 bridgehead atoms. The molecular weight excluding hydrogens is 306 g/mol. The molecule has 0 aliphatic carbocycles. The van der Waals surface area contributed by atoms with Crippen molar-refractivity contribution in [2.24, 2.45) is 0 Å². The predicted octanol–water partition coefficient (Wildman–Crippen LogP) is 1.94. The third kappa shape index (κ3) is 3.30. The van der Waals surface area contributed by atoms with Crippen LogP contribution in [-0.4, -0.2) is 57.5 Å². The van der Waals surface area contributed by atoms with Gasteiger partial charge in [0.15, 0.2) is 0 Å². The minimum absolute atomic E-state index is 0.346. The van der Waals surface area contributed by atoms with Crippen LogP contribution in [0.1, 0.15) is 17.3 Å². The lowest BCUT2D eigenvalue weighted by Crippen LogP contribution is -2.18. The number of hydrogen-bond acceptors (Lipinski definition) is 5. The van der Waals surface area contributed by atoms with Crippen LogP contribution in [0.15, 0.2) is 36.8 Å². The maximum absolute atomic E-state index is 11.9. The fourth-order valence-electron chi connectivity index (χ4n) is 2.44. The van der Waals surface area contributed by atoms with Crippen LogP contribution in [0.2, 0.25) is 0 Å². The Balaban J connectivity index is 1.85. The Morgan fingerprint density at radius 1 is 1.29 bits per heavy atom. The van der Waals surface area contributed by atoms with Gasteiger partial charge < -0.3 is 9.64 Å². The van der Waals surface area contributed by atoms with Crippen molar-refractivity contribution in [3.05, 3.63) is 42.4 Å². The topological polar surface area (TPSA) is 64.7 Å². The van der Waals surface area contributed by atoms with E-state index in [1.165, 1.54) is 6.20 Å². The fourth-order valence-corrected chi connectivity index (χ4v) is 2.44. The van der Waals surface area contributed by atoms with Crippen molar-refractivity contribution in [2.45, 2.75) is 13.5 Å². The zero-order valence-electron chi connectivity index (χ0n) is 14.1. The van der Waals surface area contributed by atoms with Gasteiger partial charge in [0.05, 0.1) is 30.6 Å². The molecule has 3 rings (SSSR count). The van der Waals surface area contributed by atoms with Crippen LogP contribution < -0.4 is 0 Å². The number of carbonyl (C=O) groups excluding carboxylic acids is 1. The Kier molecular flexibility index (Phi) is 4.61. The molecule has 0 aromatic carbocycles. The number of pyridine rings is 1. The number of aromatic nitrogens is 4. The smallest absolute Gasteiger partial charge is 0.341 e. The van der Waals surface area contributed by atoms with Gasteiger partial charge in [-0.2, -0.15) is 10.2 Å². The van der Waals surface area contributed by atoms with Gasteiger partial charge in [-0.05, 0) is 39.2 Å². The second-order valence-electron chi connectivity index (χ2n) is 5.79. The third-order valence-electron chi connectivity index (χ3n) is 3.72. The average molecular weight is 327 g/mol. The molecule has 0 amide bonds. The average Bonchev–Trinajstić information content (AvgIpc) is 3.19. The van der Waals surface area contributed by atoms with Crippen molar-refractivity contribution < 1.29 is 9.53 Å². The number of nitrogens with zero attached hydrogens (tertiary/aromatic N) is 5. The summed E-state index contributed by atoms with van der Waals surface area (Å²) in [6.45, 7) is 3.90. The van der Waals surface area contributed by atoms with Crippen LogP contribution in [0.5, 0.6) is 0 Å². The number of fused-ring (bicyclic) bond motifs is 1. The van der Waals surface area contributed by atoms with E-state index in [1.807, 2.05) is 49.4 Å². The molecule has 3 aromatic rings. The summed E-state index contributed by atoms with van der Waals surface area (Å²) in [4.78, 5) is 14.0. The molecule has 7 nitrogen and oxygen atoms in total. The molecule has 0 N–H and O–H groups in total. The molecule has 0 fully saturated rings. The second-order valence-corrected chi connectivity index (χ2v) is 5.79. The van der Waals surface area contributed by atoms with Gasteiger partial charge >= 0.3 is 5.97 Å². The minimum atomic E-state index is -0.354. The molecule has 0 saturated carbocycles. The first-order valence-corrected chi connectivity index (χ1v) is 7.91. The molecule has 0 aliphatic heterocycles. The highest BCUT2D eigenvalue weighted by Crippen LogP contribution is 2.20. The van der Waals surface area contributed by atoms with Crippen molar-refractivity contribution in [1.82, 2.24) is 24.3 Å². The Hall–Kier alpha value is -2.67. The van der Waals surface area contributed by atoms with Crippen molar-refractivity contribution in [1.29, 1.82) is 0 Å². The van der Waals surface area contributed by atoms with Gasteiger partial charge in [-0.1, -0.05) is 0 Å². The van der Waals surface area contributed by atoms with E-state index < -0.39 is 0 Å². The molecule has 0 atom stereocenters. The normalized spacial score (nSPS) is 11.3. The Morgan fingerprint density at radius 3 is 2.88 bits per heavy atom. The molecular formula is C17H21N5O2. The van der Waals surface area contributed by atoms with Crippen molar-refractivity contribution in [3.8, 4) is 11.3 Å². The van der Waals surface area contributed by atoms with Gasteiger partial charge in [0, 0.05) is 24.5 Å². The summed E-state index contributed by atoms with van der Waals surface area (Å²) in [7, 11) is 4.08. The number of hydrogen-bond donors (Lipinski definition) is 0. The highest BCUT2D eigenvalue weighted by atomic mass is 16.5. The number of carbonyl (C=O) groups is 1. The Bertz CT molecular complexity index is 850. The van der Waals surface area contributed by atoms with Crippen LogP contribution in [0.3, 0.4) is 0 Å². The predicted molar refractivity (Wildman–Crippen MR) is 90.9 cm³/mol. The molecule has 3 heterocycles. The van der Waals surface area contributed by atoms with Crippen LogP contribution in [0.25, 0.3) is 16.8 Å². The minimum Gasteiger partial charge on any atom is -0.462 e. The van der Waals surface area contributed by atoms with E-state index >= 15 is 0 Å². The molecule has 24 heavy (non-hydrogen) atoms. The zero-order chi connectivity index (χ0) is 17.1. The lowest BCUT2D eigenvalue weighted by Gasteiger charge is -2.08. The fraction of sp³-hybridized carbons (Fsp3) is 0.353. The van der Waals surface area contributed by atoms with Gasteiger partial charge in [0.2, 0.25) is 0 Å². The van der Waals surface area contributed by atoms with E-state index in [1.54, 1.807) is 11.4 Å². The maximum atomic E-state index is 11.9. The van der Waals surface area contributed by atoms with Crippen LogP contribution >= 0.6 is 0 Å². The summed E-state index contributed by atoms with van der Waals surface area (Å²) >= 11 is 0. The molecule has 3 aromatic heterocycles. The summed E-state index contributed by atoms with van der Waals surface area (Å²) in [6.07, 6.45) is 5.37. The summed E-state index contributed by atoms with van der Waals surface area (Å²) < 4.78 is 8.65. The molecule has 0 aliphatic rings. The first-order valence-electron chi connectivity index (χ1n) is 7.91. The van der Waals surface area contributed by atoms with E-state index in [9.17, 15) is 4.79 Å². The molecule has 0 unspecified atom stereocenters. The lowest BCUT2D eigenvalue weighted by molar-refractivity contribution is 0.0528. The highest BCUT2D eigenvalue weighted by Gasteiger charge is 2.14. The number of ether oxygens (including phenoxy) is 1. The highest BCUT2D eigenvalue weighted by molar-refractivity contribution is 5.96. The lowest BCUT2D eigenvalue weighted by atomic mass is 10.2. The SMILES string of the molecule is CCOC(=O)c1cnn2cc(-c3ccn(CCN(C)C)n3)ccc12. The van der Waals surface area contributed by atoms with E-state index in [4.69, 9.17) is 4.74 Å². The van der Waals surface area contributed by atoms with Gasteiger partial charge in [-0.3, -0.25) is 4.68 Å². The second kappa shape index (κ2) is 6.84. The molecule has 0 radical (unpaired) electrons. The van der Waals surface area contributed by atoms with Gasteiger partial charge in [-0.15, -0.1) is 0 Å². The summed E-state index contributed by atoms with van der Waals surface area (Å²) in [5.41, 5.74) is 3.03. The van der Waals surface area contributed by atoms with Gasteiger partial charge in [0.1, 0.15) is 5.56 Å². The summed E-state index contributed by atoms with van der Waals surface area (Å²) in [5, 5.41) is 8.84. The summed E-state index contributed by atoms with van der Waals surface area (Å²) in [6, 6.07) is 5.79. The molecule has 0 saturated heterocycles. The standard InChI is InChI=1S/C17H21N5O2/c1-4-24-17(23)14-11-18-22-12-13(5-6-16(14)22)15-7-8-21(19-15)10-9-20(2)3/h5-8,11-12H,4,9-10H2,1-3H3. The Labute approximate surface area is 140 Å². The molecule has 0 spiro atoms. The van der Waals surface area contributed by atoms with Gasteiger partial charge in [-0.25, -0.2) is 9.31 Å². The van der Waals surface area contributed by atoms with E-state index in [0.29, 0.717) is 12.2 Å². The van der Waals surface area contributed by atoms with Crippen molar-refractivity contribution >= 4 is 11.5 Å². The monoisotopic (exact) mass is 327 g/mol. The number of esters is 1. The van der Waals surface area contributed by atoms with Crippen LogP contribution in [0, 0.1) is 0 Å². The first-order chi connectivity index (χ1) is 11.6. The summed E-state index contributed by atoms with van der Waals surface area (Å²) in [5.74, 6) is -0.354. The Morgan fingerprint density at radius 2 is 2.12 bits per heavy atom. The number of likely N-dealkylation sites (N-methyl/N-ethyl adjacent to an activating group) is 1. The molecule has 126 valence electrons. The molecule has 7 heteroatoms.